The smallest absolute Gasteiger partial charge is 0.211 e. The second-order valence-electron chi connectivity index (χ2n) is 1.07. The molecular weight excluding hydrogens is 139 g/mol. The van der Waals surface area contributed by atoms with E-state index in [2.05, 4.69) is 9.53 Å². The Morgan fingerprint density at radius 2 is 1.78 bits per heavy atom. The van der Waals surface area contributed by atoms with Gasteiger partial charge in [0.05, 0.1) is 0 Å². The van der Waals surface area contributed by atoms with Crippen LogP contribution < -0.4 is 0 Å². The maximum atomic E-state index is 9.58. The van der Waals surface area contributed by atoms with Crippen molar-refractivity contribution in [2.24, 2.45) is 9.53 Å². The molecule has 0 fully saturated rings. The lowest BCUT2D eigenvalue weighted by Crippen LogP contribution is -1.67. The van der Waals surface area contributed by atoms with E-state index >= 15 is 0 Å². The minimum absolute atomic E-state index is 0.583. The summed E-state index contributed by atoms with van der Waals surface area (Å²) in [5.41, 5.74) is 0. The van der Waals surface area contributed by atoms with Crippen LogP contribution in [0.3, 0.4) is 0 Å². The van der Waals surface area contributed by atoms with Gasteiger partial charge in [0, 0.05) is 6.16 Å². The Bertz CT molecular complexity index is 151. The van der Waals surface area contributed by atoms with Crippen molar-refractivity contribution in [1.29, 1.82) is 0 Å². The highest BCUT2D eigenvalue weighted by atomic mass is 31.1. The third-order valence-electron chi connectivity index (χ3n) is 0.595. The minimum atomic E-state index is -1.16. The van der Waals surface area contributed by atoms with Crippen molar-refractivity contribution < 1.29 is 9.59 Å². The topological polar surface area (TPSA) is 58.9 Å². The van der Waals surface area contributed by atoms with Crippen LogP contribution in [-0.4, -0.2) is 18.3 Å². The summed E-state index contributed by atoms with van der Waals surface area (Å²) in [5, 5.41) is 0. The van der Waals surface area contributed by atoms with Gasteiger partial charge in [-0.2, -0.15) is 9.53 Å². The molecule has 5 heteroatoms. The number of hydrogen-bond acceptors (Lipinski definition) is 4. The van der Waals surface area contributed by atoms with Crippen LogP contribution in [0.1, 0.15) is 6.92 Å². The Morgan fingerprint density at radius 3 is 2.00 bits per heavy atom. The van der Waals surface area contributed by atoms with Crippen molar-refractivity contribution in [3.05, 3.63) is 0 Å². The Hall–Kier alpha value is -0.810. The fourth-order valence-electron chi connectivity index (χ4n) is 0.258. The predicted octanol–water partition coefficient (Wildman–Crippen LogP) is 0.990. The highest BCUT2D eigenvalue weighted by Gasteiger charge is 1.97. The van der Waals surface area contributed by atoms with Gasteiger partial charge in [-0.05, 0) is 0 Å². The molecule has 0 aromatic carbocycles. The van der Waals surface area contributed by atoms with Crippen molar-refractivity contribution >= 4 is 20.4 Å². The monoisotopic (exact) mass is 144 g/mol. The van der Waals surface area contributed by atoms with E-state index in [0.717, 1.165) is 0 Å². The highest BCUT2D eigenvalue weighted by molar-refractivity contribution is 7.55. The first kappa shape index (κ1) is 8.19. The van der Waals surface area contributed by atoms with E-state index in [1.165, 1.54) is 12.2 Å². The van der Waals surface area contributed by atoms with Crippen molar-refractivity contribution in [3.63, 3.8) is 0 Å². The van der Waals surface area contributed by atoms with Gasteiger partial charge in [-0.3, -0.25) is 0 Å². The predicted molar refractivity (Wildman–Crippen MR) is 33.7 cm³/mol. The molecule has 0 radical (unpaired) electrons. The maximum absolute atomic E-state index is 9.58. The van der Waals surface area contributed by atoms with Crippen LogP contribution in [0.15, 0.2) is 9.53 Å². The molecule has 0 unspecified atom stereocenters. The molecule has 0 aliphatic rings. The molecule has 0 aromatic rings. The molecule has 0 aromatic heterocycles. The SMILES string of the molecule is CCP(N=C=O)N=C=O. The Kier molecular flexibility index (Phi) is 4.85. The lowest BCUT2D eigenvalue weighted by molar-refractivity contribution is 0.566. The molecular formula is C4H5N2O2P. The van der Waals surface area contributed by atoms with Gasteiger partial charge in [0.1, 0.15) is 0 Å². The van der Waals surface area contributed by atoms with E-state index in [1.54, 1.807) is 6.92 Å². The zero-order valence-corrected chi connectivity index (χ0v) is 5.76. The number of hydrogen-bond donors (Lipinski definition) is 0. The summed E-state index contributed by atoms with van der Waals surface area (Å²) in [6.45, 7) is 1.79. The van der Waals surface area contributed by atoms with E-state index in [9.17, 15) is 9.59 Å². The summed E-state index contributed by atoms with van der Waals surface area (Å²) in [4.78, 5) is 19.2. The molecule has 0 atom stereocenters. The Labute approximate surface area is 53.6 Å². The largest absolute Gasteiger partial charge is 0.240 e. The van der Waals surface area contributed by atoms with Gasteiger partial charge in [-0.15, -0.1) is 0 Å². The highest BCUT2D eigenvalue weighted by Crippen LogP contribution is 2.36. The second kappa shape index (κ2) is 5.33. The van der Waals surface area contributed by atoms with Gasteiger partial charge in [0.15, 0.2) is 8.22 Å². The first-order valence-electron chi connectivity index (χ1n) is 2.28. The standard InChI is InChI=1S/C4H5N2O2P/c1-2-9(5-3-7)6-4-8/h2H2,1H3. The van der Waals surface area contributed by atoms with Crippen LogP contribution in [0.25, 0.3) is 0 Å². The van der Waals surface area contributed by atoms with E-state index in [4.69, 9.17) is 0 Å². The lowest BCUT2D eigenvalue weighted by atomic mass is 11.0. The number of rotatable bonds is 3. The first-order valence-corrected chi connectivity index (χ1v) is 3.71. The number of nitrogens with zero attached hydrogens (tertiary/aromatic N) is 2. The number of isocyanates is 2. The van der Waals surface area contributed by atoms with Crippen LogP contribution in [0.5, 0.6) is 0 Å². The third-order valence-corrected chi connectivity index (χ3v) is 1.79. The molecule has 0 saturated heterocycles. The van der Waals surface area contributed by atoms with Crippen molar-refractivity contribution in [2.45, 2.75) is 6.92 Å². The van der Waals surface area contributed by atoms with Gasteiger partial charge in [-0.25, -0.2) is 9.59 Å². The zero-order valence-electron chi connectivity index (χ0n) is 4.87. The average Bonchev–Trinajstić information content (AvgIpc) is 1.88. The first-order chi connectivity index (χ1) is 4.35. The molecule has 0 aliphatic carbocycles. The van der Waals surface area contributed by atoms with Gasteiger partial charge < -0.3 is 0 Å². The third kappa shape index (κ3) is 3.75. The summed E-state index contributed by atoms with van der Waals surface area (Å²) in [5.74, 6) is 0. The van der Waals surface area contributed by atoms with Crippen LogP contribution in [0, 0.1) is 0 Å². The molecule has 0 amide bonds. The van der Waals surface area contributed by atoms with Gasteiger partial charge in [0.25, 0.3) is 0 Å². The zero-order chi connectivity index (χ0) is 7.11. The molecule has 0 saturated carbocycles. The molecule has 0 N–H and O–H groups in total. The van der Waals surface area contributed by atoms with Crippen molar-refractivity contribution in [2.75, 3.05) is 6.16 Å². The van der Waals surface area contributed by atoms with E-state index in [-0.39, 0.29) is 0 Å². The summed E-state index contributed by atoms with van der Waals surface area (Å²) in [7, 11) is -1.16. The summed E-state index contributed by atoms with van der Waals surface area (Å²) in [6.07, 6.45) is 3.25. The number of carbonyl (C=O) groups excluding carboxylic acids is 2. The van der Waals surface area contributed by atoms with Gasteiger partial charge >= 0.3 is 0 Å². The minimum Gasteiger partial charge on any atom is -0.211 e. The van der Waals surface area contributed by atoms with Gasteiger partial charge in [-0.1, -0.05) is 6.92 Å². The molecule has 4 nitrogen and oxygen atoms in total. The van der Waals surface area contributed by atoms with Crippen LogP contribution >= 0.6 is 8.22 Å². The molecule has 0 rings (SSSR count). The Morgan fingerprint density at radius 1 is 1.33 bits per heavy atom. The van der Waals surface area contributed by atoms with Crippen molar-refractivity contribution in [3.8, 4) is 0 Å². The van der Waals surface area contributed by atoms with Crippen molar-refractivity contribution in [1.82, 2.24) is 0 Å². The van der Waals surface area contributed by atoms with Crippen LogP contribution in [0.4, 0.5) is 0 Å². The molecule has 0 heterocycles. The molecule has 48 valence electrons. The van der Waals surface area contributed by atoms with E-state index in [0.29, 0.717) is 6.16 Å². The second-order valence-corrected chi connectivity index (χ2v) is 2.85. The quantitative estimate of drug-likeness (QED) is 0.337. The normalized spacial score (nSPS) is 10.8. The molecule has 0 aliphatic heterocycles. The van der Waals surface area contributed by atoms with E-state index < -0.39 is 8.22 Å². The summed E-state index contributed by atoms with van der Waals surface area (Å²) < 4.78 is 6.52. The van der Waals surface area contributed by atoms with Gasteiger partial charge in [0.2, 0.25) is 12.2 Å². The molecule has 0 bridgehead atoms. The molecule has 9 heavy (non-hydrogen) atoms. The summed E-state index contributed by atoms with van der Waals surface area (Å²) >= 11 is 0. The van der Waals surface area contributed by atoms with E-state index in [1.807, 2.05) is 0 Å². The fourth-order valence-corrected chi connectivity index (χ4v) is 0.774. The van der Waals surface area contributed by atoms with Crippen LogP contribution in [-0.2, 0) is 9.59 Å². The van der Waals surface area contributed by atoms with Crippen LogP contribution in [0.2, 0.25) is 0 Å². The summed E-state index contributed by atoms with van der Waals surface area (Å²) in [6, 6.07) is 0. The fraction of sp³-hybridized carbons (Fsp3) is 0.500. The molecule has 0 spiro atoms. The maximum Gasteiger partial charge on any atom is 0.240 e. The average molecular weight is 144 g/mol. The lowest BCUT2D eigenvalue weighted by Gasteiger charge is -1.91. The Balaban J connectivity index is 3.97.